The third-order valence-electron chi connectivity index (χ3n) is 5.57. The van der Waals surface area contributed by atoms with Crippen molar-refractivity contribution in [2.45, 2.75) is 71.8 Å². The highest BCUT2D eigenvalue weighted by molar-refractivity contribution is 5.01. The minimum absolute atomic E-state index is 0.269. The van der Waals surface area contributed by atoms with E-state index in [1.807, 2.05) is 0 Å². The zero-order valence-corrected chi connectivity index (χ0v) is 13.5. The van der Waals surface area contributed by atoms with Gasteiger partial charge in [0.05, 0.1) is 0 Å². The maximum Gasteiger partial charge on any atom is 0.0339 e. The zero-order valence-electron chi connectivity index (χ0n) is 13.5. The van der Waals surface area contributed by atoms with Crippen LogP contribution in [0.2, 0.25) is 0 Å². The number of nitrogens with zero attached hydrogens (tertiary/aromatic N) is 1. The molecule has 0 saturated heterocycles. The molecule has 0 aliphatic heterocycles. The van der Waals surface area contributed by atoms with Crippen molar-refractivity contribution in [1.82, 2.24) is 4.90 Å². The lowest BCUT2D eigenvalue weighted by Gasteiger charge is -2.54. The molecule has 0 aromatic carbocycles. The Labute approximate surface area is 120 Å². The Kier molecular flexibility index (Phi) is 4.62. The second kappa shape index (κ2) is 5.73. The van der Waals surface area contributed by atoms with Gasteiger partial charge in [0, 0.05) is 18.6 Å². The summed E-state index contributed by atoms with van der Waals surface area (Å²) < 4.78 is 0. The van der Waals surface area contributed by atoms with Crippen LogP contribution in [0.15, 0.2) is 0 Å². The van der Waals surface area contributed by atoms with Crippen LogP contribution in [0, 0.1) is 17.3 Å². The van der Waals surface area contributed by atoms with Crippen LogP contribution in [0.5, 0.6) is 0 Å². The summed E-state index contributed by atoms with van der Waals surface area (Å²) in [5.74, 6) is 1.76. The molecule has 0 spiro atoms. The van der Waals surface area contributed by atoms with Crippen molar-refractivity contribution in [3.8, 4) is 0 Å². The molecule has 0 aromatic rings. The molecule has 2 unspecified atom stereocenters. The Morgan fingerprint density at radius 1 is 1.21 bits per heavy atom. The van der Waals surface area contributed by atoms with Crippen molar-refractivity contribution in [2.24, 2.45) is 23.0 Å². The predicted molar refractivity (Wildman–Crippen MR) is 83.2 cm³/mol. The van der Waals surface area contributed by atoms with Crippen molar-refractivity contribution in [1.29, 1.82) is 0 Å². The van der Waals surface area contributed by atoms with Gasteiger partial charge in [-0.2, -0.15) is 0 Å². The summed E-state index contributed by atoms with van der Waals surface area (Å²) in [5, 5.41) is 0. The predicted octanol–water partition coefficient (Wildman–Crippen LogP) is 3.65. The monoisotopic (exact) mass is 266 g/mol. The van der Waals surface area contributed by atoms with Crippen LogP contribution in [0.4, 0.5) is 0 Å². The van der Waals surface area contributed by atoms with E-state index in [9.17, 15) is 0 Å². The lowest BCUT2D eigenvalue weighted by Crippen LogP contribution is -2.60. The van der Waals surface area contributed by atoms with E-state index in [4.69, 9.17) is 5.73 Å². The van der Waals surface area contributed by atoms with Gasteiger partial charge in [-0.3, -0.25) is 4.90 Å². The average Bonchev–Trinajstić information content (AvgIpc) is 2.24. The molecule has 0 radical (unpaired) electrons. The second-order valence-electron chi connectivity index (χ2n) is 8.12. The molecule has 0 bridgehead atoms. The van der Waals surface area contributed by atoms with E-state index in [1.165, 1.54) is 45.1 Å². The topological polar surface area (TPSA) is 29.3 Å². The molecule has 19 heavy (non-hydrogen) atoms. The minimum Gasteiger partial charge on any atom is -0.329 e. The summed E-state index contributed by atoms with van der Waals surface area (Å²) in [6.07, 6.45) is 8.26. The van der Waals surface area contributed by atoms with E-state index >= 15 is 0 Å². The molecule has 0 aromatic heterocycles. The molecule has 2 heteroatoms. The van der Waals surface area contributed by atoms with Crippen LogP contribution in [-0.2, 0) is 0 Å². The van der Waals surface area contributed by atoms with E-state index in [1.54, 1.807) is 0 Å². The van der Waals surface area contributed by atoms with Gasteiger partial charge in [0.25, 0.3) is 0 Å². The van der Waals surface area contributed by atoms with Crippen LogP contribution < -0.4 is 5.73 Å². The smallest absolute Gasteiger partial charge is 0.0339 e. The van der Waals surface area contributed by atoms with Crippen LogP contribution in [0.25, 0.3) is 0 Å². The first-order valence-corrected chi connectivity index (χ1v) is 8.36. The Morgan fingerprint density at radius 3 is 2.32 bits per heavy atom. The first-order chi connectivity index (χ1) is 8.91. The molecule has 2 atom stereocenters. The van der Waals surface area contributed by atoms with Gasteiger partial charge in [-0.15, -0.1) is 0 Å². The van der Waals surface area contributed by atoms with E-state index in [0.717, 1.165) is 24.9 Å². The highest BCUT2D eigenvalue weighted by Gasteiger charge is 2.45. The first kappa shape index (κ1) is 15.3. The van der Waals surface area contributed by atoms with Gasteiger partial charge in [-0.05, 0) is 55.9 Å². The van der Waals surface area contributed by atoms with Gasteiger partial charge in [0.1, 0.15) is 0 Å². The molecule has 2 aliphatic rings. The fourth-order valence-corrected chi connectivity index (χ4v) is 4.87. The Hall–Kier alpha value is -0.0800. The van der Waals surface area contributed by atoms with E-state index < -0.39 is 0 Å². The Morgan fingerprint density at radius 2 is 1.89 bits per heavy atom. The second-order valence-corrected chi connectivity index (χ2v) is 8.12. The molecular formula is C17H34N2. The van der Waals surface area contributed by atoms with E-state index in [-0.39, 0.29) is 5.54 Å². The van der Waals surface area contributed by atoms with Crippen LogP contribution in [0.1, 0.15) is 66.2 Å². The average molecular weight is 266 g/mol. The summed E-state index contributed by atoms with van der Waals surface area (Å²) in [6, 6.07) is 0. The summed E-state index contributed by atoms with van der Waals surface area (Å²) >= 11 is 0. The largest absolute Gasteiger partial charge is 0.329 e. The quantitative estimate of drug-likeness (QED) is 0.823. The molecule has 2 N–H and O–H groups in total. The number of likely N-dealkylation sites (N-methyl/N-ethyl adjacent to an activating group) is 1. The highest BCUT2D eigenvalue weighted by Crippen LogP contribution is 2.46. The minimum atomic E-state index is 0.269. The fraction of sp³-hybridized carbons (Fsp3) is 1.00. The van der Waals surface area contributed by atoms with Gasteiger partial charge in [0.2, 0.25) is 0 Å². The third kappa shape index (κ3) is 3.33. The molecule has 2 fully saturated rings. The zero-order chi connectivity index (χ0) is 14.1. The molecule has 2 nitrogen and oxygen atoms in total. The van der Waals surface area contributed by atoms with Crippen molar-refractivity contribution < 1.29 is 0 Å². The number of nitrogens with two attached hydrogens (primary N) is 1. The van der Waals surface area contributed by atoms with E-state index in [0.29, 0.717) is 5.41 Å². The highest BCUT2D eigenvalue weighted by atomic mass is 15.2. The molecule has 2 rings (SSSR count). The molecule has 2 saturated carbocycles. The maximum absolute atomic E-state index is 6.29. The summed E-state index contributed by atoms with van der Waals surface area (Å²) in [5.41, 5.74) is 7.01. The van der Waals surface area contributed by atoms with E-state index in [2.05, 4.69) is 32.6 Å². The van der Waals surface area contributed by atoms with Gasteiger partial charge in [-0.1, -0.05) is 34.1 Å². The maximum atomic E-state index is 6.29. The summed E-state index contributed by atoms with van der Waals surface area (Å²) in [4.78, 5) is 2.74. The van der Waals surface area contributed by atoms with Crippen LogP contribution >= 0.6 is 0 Å². The lowest BCUT2D eigenvalue weighted by atomic mass is 9.63. The van der Waals surface area contributed by atoms with Gasteiger partial charge >= 0.3 is 0 Å². The number of hydrogen-bond donors (Lipinski definition) is 1. The van der Waals surface area contributed by atoms with Crippen LogP contribution in [0.3, 0.4) is 0 Å². The standard InChI is InChI=1S/C17H34N2/c1-5-19(11-15-7-6-8-15)17(13-18)10-14(2)9-16(3,4)12-17/h14-15H,5-13,18H2,1-4H3. The molecular weight excluding hydrogens is 232 g/mol. The molecule has 0 heterocycles. The molecule has 112 valence electrons. The summed E-state index contributed by atoms with van der Waals surface area (Å²) in [7, 11) is 0. The number of hydrogen-bond acceptors (Lipinski definition) is 2. The van der Waals surface area contributed by atoms with Gasteiger partial charge in [-0.25, -0.2) is 0 Å². The van der Waals surface area contributed by atoms with Crippen molar-refractivity contribution in [3.63, 3.8) is 0 Å². The van der Waals surface area contributed by atoms with Crippen molar-refractivity contribution in [2.75, 3.05) is 19.6 Å². The third-order valence-corrected chi connectivity index (χ3v) is 5.57. The fourth-order valence-electron chi connectivity index (χ4n) is 4.87. The van der Waals surface area contributed by atoms with Crippen molar-refractivity contribution >= 4 is 0 Å². The molecule has 0 amide bonds. The normalized spacial score (nSPS) is 35.4. The Bertz CT molecular complexity index is 296. The van der Waals surface area contributed by atoms with Crippen molar-refractivity contribution in [3.05, 3.63) is 0 Å². The van der Waals surface area contributed by atoms with Crippen LogP contribution in [-0.4, -0.2) is 30.1 Å². The first-order valence-electron chi connectivity index (χ1n) is 8.36. The SMILES string of the molecule is CCN(CC1CCC1)C1(CN)CC(C)CC(C)(C)C1. The van der Waals surface area contributed by atoms with Gasteiger partial charge in [0.15, 0.2) is 0 Å². The number of rotatable bonds is 5. The molecule has 2 aliphatic carbocycles. The summed E-state index contributed by atoms with van der Waals surface area (Å²) in [6.45, 7) is 12.9. The lowest BCUT2D eigenvalue weighted by molar-refractivity contribution is -0.0231. The Balaban J connectivity index is 2.13. The van der Waals surface area contributed by atoms with Gasteiger partial charge < -0.3 is 5.73 Å².